The van der Waals surface area contributed by atoms with E-state index in [9.17, 15) is 0 Å². The first-order chi connectivity index (χ1) is 12.8. The highest BCUT2D eigenvalue weighted by Crippen LogP contribution is 2.19. The molecule has 2 aliphatic heterocycles. The molecule has 2 aromatic heterocycles. The number of rotatable bonds is 6. The monoisotopic (exact) mass is 357 g/mol. The molecule has 0 spiro atoms. The van der Waals surface area contributed by atoms with Gasteiger partial charge < -0.3 is 19.9 Å². The number of ether oxygens (including phenoxy) is 1. The maximum atomic E-state index is 5.65. The lowest BCUT2D eigenvalue weighted by Crippen LogP contribution is -2.44. The maximum Gasteiger partial charge on any atom is 0.128 e. The molecular weight excluding hydrogens is 330 g/mol. The number of likely N-dealkylation sites (N-methyl/N-ethyl adjacent to an activating group) is 1. The van der Waals surface area contributed by atoms with Gasteiger partial charge in [-0.1, -0.05) is 5.21 Å². The second-order valence-electron chi connectivity index (χ2n) is 7.11. The lowest BCUT2D eigenvalue weighted by atomic mass is 10.2. The van der Waals surface area contributed by atoms with E-state index < -0.39 is 0 Å². The van der Waals surface area contributed by atoms with Crippen molar-refractivity contribution in [3.05, 3.63) is 30.2 Å². The molecule has 4 heterocycles. The van der Waals surface area contributed by atoms with E-state index in [2.05, 4.69) is 49.6 Å². The summed E-state index contributed by atoms with van der Waals surface area (Å²) in [5.41, 5.74) is 2.13. The first kappa shape index (κ1) is 17.2. The molecule has 0 amide bonds. The van der Waals surface area contributed by atoms with Gasteiger partial charge in [0.1, 0.15) is 11.5 Å². The molecule has 2 aromatic rings. The number of pyridine rings is 1. The molecule has 26 heavy (non-hydrogen) atoms. The van der Waals surface area contributed by atoms with Gasteiger partial charge in [-0.3, -0.25) is 0 Å². The summed E-state index contributed by atoms with van der Waals surface area (Å²) < 4.78 is 7.53. The molecule has 0 saturated carbocycles. The van der Waals surface area contributed by atoms with E-state index in [0.29, 0.717) is 6.54 Å². The number of piperazine rings is 1. The minimum Gasteiger partial charge on any atom is -0.376 e. The van der Waals surface area contributed by atoms with Crippen LogP contribution in [-0.4, -0.2) is 70.8 Å². The minimum absolute atomic E-state index is 0.277. The summed E-state index contributed by atoms with van der Waals surface area (Å²) in [6.45, 7) is 6.56. The van der Waals surface area contributed by atoms with Crippen LogP contribution in [0.25, 0.3) is 0 Å². The second kappa shape index (κ2) is 8.01. The van der Waals surface area contributed by atoms with Crippen molar-refractivity contribution >= 4 is 11.5 Å². The highest BCUT2D eigenvalue weighted by molar-refractivity contribution is 5.54. The molecule has 8 heteroatoms. The number of hydrogen-bond donors (Lipinski definition) is 1. The van der Waals surface area contributed by atoms with Crippen LogP contribution in [0.2, 0.25) is 0 Å². The minimum atomic E-state index is 0.277. The number of anilines is 2. The first-order valence-corrected chi connectivity index (χ1v) is 9.40. The quantitative estimate of drug-likeness (QED) is 0.833. The summed E-state index contributed by atoms with van der Waals surface area (Å²) in [5, 5.41) is 11.8. The van der Waals surface area contributed by atoms with Gasteiger partial charge in [0.25, 0.3) is 0 Å². The van der Waals surface area contributed by atoms with Gasteiger partial charge in [-0.15, -0.1) is 5.10 Å². The predicted molar refractivity (Wildman–Crippen MR) is 100 cm³/mol. The Balaban J connectivity index is 1.31. The molecule has 1 N–H and O–H groups in total. The number of aromatic nitrogens is 4. The molecule has 2 saturated heterocycles. The Labute approximate surface area is 154 Å². The van der Waals surface area contributed by atoms with E-state index in [1.807, 2.05) is 17.1 Å². The van der Waals surface area contributed by atoms with E-state index in [1.165, 1.54) is 5.69 Å². The first-order valence-electron chi connectivity index (χ1n) is 9.40. The fourth-order valence-corrected chi connectivity index (χ4v) is 3.46. The van der Waals surface area contributed by atoms with Crippen molar-refractivity contribution < 1.29 is 4.74 Å². The van der Waals surface area contributed by atoms with Gasteiger partial charge in [0.05, 0.1) is 25.4 Å². The highest BCUT2D eigenvalue weighted by Gasteiger charge is 2.17. The predicted octanol–water partition coefficient (Wildman–Crippen LogP) is 1.22. The molecule has 1 atom stereocenters. The maximum absolute atomic E-state index is 5.65. The molecule has 2 aliphatic rings. The van der Waals surface area contributed by atoms with Gasteiger partial charge >= 0.3 is 0 Å². The summed E-state index contributed by atoms with van der Waals surface area (Å²) in [6, 6.07) is 4.19. The van der Waals surface area contributed by atoms with Crippen molar-refractivity contribution in [2.24, 2.45) is 0 Å². The fraction of sp³-hybridized carbons (Fsp3) is 0.611. The third kappa shape index (κ3) is 4.31. The SMILES string of the molecule is CN1CCN(c2ccnc(NCc3cn(CC4CCCO4)nn3)c2)CC1. The molecule has 0 bridgehead atoms. The van der Waals surface area contributed by atoms with Gasteiger partial charge in [0.2, 0.25) is 0 Å². The van der Waals surface area contributed by atoms with Crippen molar-refractivity contribution in [1.29, 1.82) is 0 Å². The molecule has 1 unspecified atom stereocenters. The van der Waals surface area contributed by atoms with Crippen molar-refractivity contribution in [3.63, 3.8) is 0 Å². The zero-order valence-electron chi connectivity index (χ0n) is 15.3. The Kier molecular flexibility index (Phi) is 5.31. The summed E-state index contributed by atoms with van der Waals surface area (Å²) in [6.07, 6.45) is 6.38. The average molecular weight is 357 g/mol. The van der Waals surface area contributed by atoms with E-state index in [-0.39, 0.29) is 6.10 Å². The van der Waals surface area contributed by atoms with Gasteiger partial charge in [-0.05, 0) is 26.0 Å². The second-order valence-corrected chi connectivity index (χ2v) is 7.11. The zero-order chi connectivity index (χ0) is 17.8. The van der Waals surface area contributed by atoms with Crippen LogP contribution in [0.15, 0.2) is 24.5 Å². The van der Waals surface area contributed by atoms with E-state index in [0.717, 1.165) is 63.7 Å². The van der Waals surface area contributed by atoms with Crippen LogP contribution in [-0.2, 0) is 17.8 Å². The Hall–Kier alpha value is -2.19. The highest BCUT2D eigenvalue weighted by atomic mass is 16.5. The van der Waals surface area contributed by atoms with E-state index in [4.69, 9.17) is 4.74 Å². The van der Waals surface area contributed by atoms with Crippen LogP contribution in [0, 0.1) is 0 Å². The van der Waals surface area contributed by atoms with Crippen molar-refractivity contribution in [2.45, 2.75) is 32.0 Å². The average Bonchev–Trinajstić information content (AvgIpc) is 3.33. The molecule has 140 valence electrons. The molecule has 0 aromatic carbocycles. The molecule has 8 nitrogen and oxygen atoms in total. The Morgan fingerprint density at radius 1 is 1.27 bits per heavy atom. The summed E-state index contributed by atoms with van der Waals surface area (Å²) in [7, 11) is 2.17. The summed E-state index contributed by atoms with van der Waals surface area (Å²) >= 11 is 0. The van der Waals surface area contributed by atoms with Crippen LogP contribution >= 0.6 is 0 Å². The van der Waals surface area contributed by atoms with E-state index in [1.54, 1.807) is 0 Å². The Morgan fingerprint density at radius 2 is 2.15 bits per heavy atom. The van der Waals surface area contributed by atoms with Crippen LogP contribution in [0.4, 0.5) is 11.5 Å². The number of nitrogens with zero attached hydrogens (tertiary/aromatic N) is 6. The smallest absolute Gasteiger partial charge is 0.128 e. The van der Waals surface area contributed by atoms with Crippen LogP contribution in [0.5, 0.6) is 0 Å². The normalized spacial score (nSPS) is 21.3. The third-order valence-corrected chi connectivity index (χ3v) is 5.06. The molecule has 0 radical (unpaired) electrons. The van der Waals surface area contributed by atoms with Gasteiger partial charge in [-0.25, -0.2) is 9.67 Å². The van der Waals surface area contributed by atoms with Crippen LogP contribution in [0.1, 0.15) is 18.5 Å². The van der Waals surface area contributed by atoms with Crippen LogP contribution in [0.3, 0.4) is 0 Å². The zero-order valence-corrected chi connectivity index (χ0v) is 15.3. The van der Waals surface area contributed by atoms with Gasteiger partial charge in [-0.2, -0.15) is 0 Å². The summed E-state index contributed by atoms with van der Waals surface area (Å²) in [5.74, 6) is 0.870. The van der Waals surface area contributed by atoms with Crippen LogP contribution < -0.4 is 10.2 Å². The van der Waals surface area contributed by atoms with Crippen molar-refractivity contribution in [1.82, 2.24) is 24.9 Å². The van der Waals surface area contributed by atoms with Crippen molar-refractivity contribution in [2.75, 3.05) is 50.1 Å². The molecule has 2 fully saturated rings. The standard InChI is InChI=1S/C18H27N7O/c1-23-6-8-24(9-7-23)16-4-5-19-18(11-16)20-12-15-13-25(22-21-15)14-17-3-2-10-26-17/h4-5,11,13,17H,2-3,6-10,12,14H2,1H3,(H,19,20). The fourth-order valence-electron chi connectivity index (χ4n) is 3.46. The molecule has 0 aliphatic carbocycles. The summed E-state index contributed by atoms with van der Waals surface area (Å²) in [4.78, 5) is 9.20. The molecule has 4 rings (SSSR count). The Bertz CT molecular complexity index is 705. The molecular formula is C18H27N7O. The van der Waals surface area contributed by atoms with Crippen molar-refractivity contribution in [3.8, 4) is 0 Å². The van der Waals surface area contributed by atoms with Gasteiger partial charge in [0.15, 0.2) is 0 Å². The van der Waals surface area contributed by atoms with E-state index >= 15 is 0 Å². The van der Waals surface area contributed by atoms with Gasteiger partial charge in [0, 0.05) is 50.7 Å². The topological polar surface area (TPSA) is 71.3 Å². The lowest BCUT2D eigenvalue weighted by Gasteiger charge is -2.34. The lowest BCUT2D eigenvalue weighted by molar-refractivity contribution is 0.0935. The Morgan fingerprint density at radius 3 is 2.96 bits per heavy atom. The third-order valence-electron chi connectivity index (χ3n) is 5.06. The number of nitrogens with one attached hydrogen (secondary N) is 1. The number of hydrogen-bond acceptors (Lipinski definition) is 7. The largest absolute Gasteiger partial charge is 0.376 e.